The molecule has 224 valence electrons. The van der Waals surface area contributed by atoms with Crippen molar-refractivity contribution in [2.75, 3.05) is 31.0 Å². The molecule has 0 bridgehead atoms. The molecule has 43 heavy (non-hydrogen) atoms. The summed E-state index contributed by atoms with van der Waals surface area (Å²) in [7, 11) is 1.60. The standard InChI is InChI=1S/C32H34ClN5O4S/c1-5-17-42-26-16-15-21(18-27(26)40-4)29-28(30(39)35-24-13-9-10-14-25(24)41-6-2)20(3)34-31-36-32(37-38(29)31)43-19-22-11-7-8-12-23(22)33/h7-16,18,29H,5-6,17,19H2,1-4H3,(H,35,39)(H,34,36,37). The average Bonchev–Trinajstić information content (AvgIpc) is 3.42. The predicted octanol–water partition coefficient (Wildman–Crippen LogP) is 7.35. The van der Waals surface area contributed by atoms with Crippen LogP contribution in [0.25, 0.3) is 0 Å². The first-order chi connectivity index (χ1) is 20.9. The van der Waals surface area contributed by atoms with Crippen molar-refractivity contribution in [2.24, 2.45) is 0 Å². The number of nitrogens with zero attached hydrogens (tertiary/aromatic N) is 3. The van der Waals surface area contributed by atoms with E-state index in [0.29, 0.717) is 69.3 Å². The van der Waals surface area contributed by atoms with Crippen LogP contribution in [0.3, 0.4) is 0 Å². The van der Waals surface area contributed by atoms with Crippen LogP contribution in [0.5, 0.6) is 17.2 Å². The molecule has 0 aliphatic carbocycles. The minimum atomic E-state index is -0.605. The number of hydrogen-bond donors (Lipinski definition) is 2. The fourth-order valence-corrected chi connectivity index (χ4v) is 5.89. The topological polar surface area (TPSA) is 99.5 Å². The lowest BCUT2D eigenvalue weighted by molar-refractivity contribution is -0.113. The molecule has 1 aliphatic rings. The molecule has 0 saturated heterocycles. The van der Waals surface area contributed by atoms with E-state index < -0.39 is 6.04 Å². The Morgan fingerprint density at radius 2 is 1.84 bits per heavy atom. The van der Waals surface area contributed by atoms with Gasteiger partial charge in [-0.2, -0.15) is 4.98 Å². The Kier molecular flexibility index (Phi) is 9.79. The van der Waals surface area contributed by atoms with Gasteiger partial charge in [-0.3, -0.25) is 4.79 Å². The Morgan fingerprint density at radius 1 is 1.05 bits per heavy atom. The summed E-state index contributed by atoms with van der Waals surface area (Å²) >= 11 is 7.86. The van der Waals surface area contributed by atoms with Crippen molar-refractivity contribution in [3.05, 3.63) is 94.1 Å². The minimum absolute atomic E-state index is 0.293. The van der Waals surface area contributed by atoms with Crippen LogP contribution in [0, 0.1) is 0 Å². The van der Waals surface area contributed by atoms with Gasteiger partial charge < -0.3 is 24.8 Å². The SMILES string of the molecule is CCCOc1ccc(C2C(C(=O)Nc3ccccc3OCC)=C(C)Nc3nc(SCc4ccccc4Cl)nn32)cc1OC. The number of rotatable bonds is 12. The van der Waals surface area contributed by atoms with Crippen LogP contribution in [0.15, 0.2) is 83.2 Å². The second-order valence-electron chi connectivity index (χ2n) is 9.75. The number of thioether (sulfide) groups is 1. The maximum Gasteiger partial charge on any atom is 0.255 e. The number of amides is 1. The Morgan fingerprint density at radius 3 is 2.60 bits per heavy atom. The smallest absolute Gasteiger partial charge is 0.255 e. The number of nitrogens with one attached hydrogen (secondary N) is 2. The van der Waals surface area contributed by atoms with Gasteiger partial charge in [0.15, 0.2) is 11.5 Å². The third kappa shape index (κ3) is 6.76. The van der Waals surface area contributed by atoms with Gasteiger partial charge in [-0.1, -0.05) is 66.7 Å². The lowest BCUT2D eigenvalue weighted by atomic mass is 9.94. The molecule has 4 aromatic rings. The van der Waals surface area contributed by atoms with E-state index in [1.54, 1.807) is 11.8 Å². The summed E-state index contributed by atoms with van der Waals surface area (Å²) < 4.78 is 19.1. The predicted molar refractivity (Wildman–Crippen MR) is 171 cm³/mol. The number of hydrogen-bond acceptors (Lipinski definition) is 8. The molecule has 1 aromatic heterocycles. The zero-order valence-electron chi connectivity index (χ0n) is 24.5. The Balaban J connectivity index is 1.53. The zero-order valence-corrected chi connectivity index (χ0v) is 26.1. The monoisotopic (exact) mass is 619 g/mol. The number of allylic oxidation sites excluding steroid dienone is 1. The highest BCUT2D eigenvalue weighted by Crippen LogP contribution is 2.40. The molecular weight excluding hydrogens is 586 g/mol. The zero-order chi connectivity index (χ0) is 30.3. The number of anilines is 2. The largest absolute Gasteiger partial charge is 0.493 e. The van der Waals surface area contributed by atoms with Gasteiger partial charge in [0.1, 0.15) is 11.8 Å². The second kappa shape index (κ2) is 13.9. The molecule has 1 aliphatic heterocycles. The summed E-state index contributed by atoms with van der Waals surface area (Å²) in [6.45, 7) is 6.85. The van der Waals surface area contributed by atoms with E-state index in [0.717, 1.165) is 17.5 Å². The molecule has 1 atom stereocenters. The van der Waals surface area contributed by atoms with Gasteiger partial charge in [0.2, 0.25) is 11.1 Å². The average molecular weight is 620 g/mol. The van der Waals surface area contributed by atoms with Gasteiger partial charge in [-0.05, 0) is 61.7 Å². The normalized spacial score (nSPS) is 14.1. The van der Waals surface area contributed by atoms with Crippen LogP contribution in [0.2, 0.25) is 5.02 Å². The Labute approximate surface area is 260 Å². The van der Waals surface area contributed by atoms with Crippen molar-refractivity contribution in [1.82, 2.24) is 14.8 Å². The first-order valence-electron chi connectivity index (χ1n) is 14.1. The first-order valence-corrected chi connectivity index (χ1v) is 15.4. The lowest BCUT2D eigenvalue weighted by Crippen LogP contribution is -2.31. The number of fused-ring (bicyclic) bond motifs is 1. The summed E-state index contributed by atoms with van der Waals surface area (Å²) in [6.07, 6.45) is 0.867. The number of halogens is 1. The third-order valence-electron chi connectivity index (χ3n) is 6.79. The molecule has 1 amide bonds. The van der Waals surface area contributed by atoms with Gasteiger partial charge >= 0.3 is 0 Å². The minimum Gasteiger partial charge on any atom is -0.493 e. The van der Waals surface area contributed by atoms with Crippen LogP contribution >= 0.6 is 23.4 Å². The quantitative estimate of drug-likeness (QED) is 0.159. The molecule has 0 radical (unpaired) electrons. The van der Waals surface area contributed by atoms with E-state index >= 15 is 0 Å². The van der Waals surface area contributed by atoms with E-state index in [9.17, 15) is 4.79 Å². The molecule has 0 saturated carbocycles. The highest BCUT2D eigenvalue weighted by molar-refractivity contribution is 7.98. The molecule has 11 heteroatoms. The molecule has 5 rings (SSSR count). The molecule has 0 spiro atoms. The Hall–Kier alpha value is -4.15. The number of para-hydroxylation sites is 2. The van der Waals surface area contributed by atoms with Gasteiger partial charge in [-0.25, -0.2) is 4.68 Å². The van der Waals surface area contributed by atoms with Crippen LogP contribution in [-0.4, -0.2) is 41.0 Å². The highest BCUT2D eigenvalue weighted by atomic mass is 35.5. The van der Waals surface area contributed by atoms with Gasteiger partial charge in [0, 0.05) is 16.5 Å². The van der Waals surface area contributed by atoms with Crippen LogP contribution in [-0.2, 0) is 10.5 Å². The summed E-state index contributed by atoms with van der Waals surface area (Å²) in [5, 5.41) is 12.4. The summed E-state index contributed by atoms with van der Waals surface area (Å²) in [5.41, 5.74) is 3.49. The van der Waals surface area contributed by atoms with Crippen molar-refractivity contribution in [3.8, 4) is 17.2 Å². The number of carbonyl (C=O) groups excluding carboxylic acids is 1. The molecule has 2 N–H and O–H groups in total. The van der Waals surface area contributed by atoms with Crippen molar-refractivity contribution in [1.29, 1.82) is 0 Å². The fraction of sp³-hybridized carbons (Fsp3) is 0.281. The van der Waals surface area contributed by atoms with Crippen LogP contribution in [0.4, 0.5) is 11.6 Å². The number of carbonyl (C=O) groups is 1. The molecule has 0 fully saturated rings. The van der Waals surface area contributed by atoms with Crippen molar-refractivity contribution >= 4 is 40.9 Å². The maximum absolute atomic E-state index is 14.0. The van der Waals surface area contributed by atoms with E-state index in [2.05, 4.69) is 10.6 Å². The Bertz CT molecular complexity index is 1640. The molecule has 2 heterocycles. The molecule has 1 unspecified atom stereocenters. The molecular formula is C32H34ClN5O4S. The van der Waals surface area contributed by atoms with Gasteiger partial charge in [-0.15, -0.1) is 5.10 Å². The maximum atomic E-state index is 14.0. The molecule has 9 nitrogen and oxygen atoms in total. The van der Waals surface area contributed by atoms with E-state index in [1.807, 2.05) is 87.5 Å². The van der Waals surface area contributed by atoms with Crippen molar-refractivity contribution < 1.29 is 19.0 Å². The highest BCUT2D eigenvalue weighted by Gasteiger charge is 2.35. The summed E-state index contributed by atoms with van der Waals surface area (Å²) in [6, 6.07) is 20.1. The lowest BCUT2D eigenvalue weighted by Gasteiger charge is -2.29. The number of methoxy groups -OCH3 is 1. The number of benzene rings is 3. The van der Waals surface area contributed by atoms with Gasteiger partial charge in [0.05, 0.1) is 31.6 Å². The van der Waals surface area contributed by atoms with E-state index in [-0.39, 0.29) is 5.91 Å². The number of ether oxygens (including phenoxy) is 3. The van der Waals surface area contributed by atoms with Crippen LogP contribution < -0.4 is 24.8 Å². The van der Waals surface area contributed by atoms with Crippen LogP contribution in [0.1, 0.15) is 44.4 Å². The summed E-state index contributed by atoms with van der Waals surface area (Å²) in [5.74, 6) is 2.63. The third-order valence-corrected chi connectivity index (χ3v) is 8.05. The summed E-state index contributed by atoms with van der Waals surface area (Å²) in [4.78, 5) is 18.8. The fourth-order valence-electron chi connectivity index (χ4n) is 4.78. The molecule has 3 aromatic carbocycles. The van der Waals surface area contributed by atoms with Crippen molar-refractivity contribution in [2.45, 2.75) is 44.1 Å². The van der Waals surface area contributed by atoms with Gasteiger partial charge in [0.25, 0.3) is 5.91 Å². The first kappa shape index (κ1) is 30.3. The second-order valence-corrected chi connectivity index (χ2v) is 11.1. The van der Waals surface area contributed by atoms with E-state index in [1.165, 1.54) is 11.8 Å². The van der Waals surface area contributed by atoms with E-state index in [4.69, 9.17) is 35.9 Å². The number of aromatic nitrogens is 3. The van der Waals surface area contributed by atoms with Crippen molar-refractivity contribution in [3.63, 3.8) is 0 Å².